The van der Waals surface area contributed by atoms with E-state index in [1.165, 1.54) is 0 Å². The third-order valence-corrected chi connectivity index (χ3v) is 3.21. The van der Waals surface area contributed by atoms with Crippen molar-refractivity contribution in [1.82, 2.24) is 9.97 Å². The Morgan fingerprint density at radius 1 is 1.56 bits per heavy atom. The Morgan fingerprint density at radius 3 is 3.00 bits per heavy atom. The first-order valence-electron chi connectivity index (χ1n) is 5.71. The molecule has 0 spiro atoms. The topological polar surface area (TPSA) is 71.8 Å². The zero-order valence-electron chi connectivity index (χ0n) is 9.66. The van der Waals surface area contributed by atoms with Gasteiger partial charge in [-0.3, -0.25) is 9.78 Å². The lowest BCUT2D eigenvalue weighted by Gasteiger charge is -2.25. The molecule has 1 heterocycles. The van der Waals surface area contributed by atoms with Crippen molar-refractivity contribution in [2.24, 2.45) is 5.92 Å². The largest absolute Gasteiger partial charge is 0.369 e. The summed E-state index contributed by atoms with van der Waals surface area (Å²) in [5.74, 6) is 0.942. The molecule has 3 N–H and O–H groups in total. The maximum Gasteiger partial charge on any atom is 0.259 e. The van der Waals surface area contributed by atoms with E-state index in [4.69, 9.17) is 5.73 Å². The minimum absolute atomic E-state index is 0.138. The van der Waals surface area contributed by atoms with Gasteiger partial charge in [0, 0.05) is 5.92 Å². The molecule has 16 heavy (non-hydrogen) atoms. The van der Waals surface area contributed by atoms with Crippen LogP contribution in [0.1, 0.15) is 43.9 Å². The molecule has 86 valence electrons. The number of aromatic amines is 1. The van der Waals surface area contributed by atoms with Crippen LogP contribution < -0.4 is 11.3 Å². The van der Waals surface area contributed by atoms with Crippen molar-refractivity contribution in [3.05, 3.63) is 27.7 Å². The number of allylic oxidation sites excluding steroid dienone is 1. The van der Waals surface area contributed by atoms with E-state index in [-0.39, 0.29) is 17.4 Å². The van der Waals surface area contributed by atoms with E-state index < -0.39 is 0 Å². The quantitative estimate of drug-likeness (QED) is 0.798. The van der Waals surface area contributed by atoms with Gasteiger partial charge >= 0.3 is 0 Å². The van der Waals surface area contributed by atoms with Crippen molar-refractivity contribution < 1.29 is 0 Å². The Kier molecular flexibility index (Phi) is 2.81. The second-order valence-corrected chi connectivity index (χ2v) is 4.35. The number of nitrogens with two attached hydrogens (primary N) is 1. The number of aromatic nitrogens is 2. The van der Waals surface area contributed by atoms with Crippen LogP contribution in [0.15, 0.2) is 10.9 Å². The molecule has 0 aliphatic heterocycles. The predicted molar refractivity (Wildman–Crippen MR) is 65.1 cm³/mol. The molecule has 1 aromatic rings. The molecule has 4 nitrogen and oxygen atoms in total. The van der Waals surface area contributed by atoms with Crippen LogP contribution in [0.5, 0.6) is 0 Å². The highest BCUT2D eigenvalue weighted by atomic mass is 16.1. The molecule has 2 unspecified atom stereocenters. The van der Waals surface area contributed by atoms with Gasteiger partial charge in [-0.05, 0) is 12.3 Å². The second kappa shape index (κ2) is 4.12. The molecule has 0 radical (unpaired) electrons. The number of nitrogen functional groups attached to an aromatic ring is 1. The molecular formula is C12H17N3O. The van der Waals surface area contributed by atoms with Crippen LogP contribution >= 0.6 is 0 Å². The van der Waals surface area contributed by atoms with Crippen molar-refractivity contribution >= 4 is 12.0 Å². The van der Waals surface area contributed by atoms with Gasteiger partial charge in [0.1, 0.15) is 0 Å². The minimum atomic E-state index is -0.138. The van der Waals surface area contributed by atoms with Crippen molar-refractivity contribution in [3.8, 4) is 0 Å². The first-order valence-corrected chi connectivity index (χ1v) is 5.71. The normalized spacial score (nSPS) is 23.1. The number of nitrogens with one attached hydrogen (secondary N) is 1. The summed E-state index contributed by atoms with van der Waals surface area (Å²) in [5, 5.41) is 0. The van der Waals surface area contributed by atoms with E-state index >= 15 is 0 Å². The number of nitrogens with zero attached hydrogens (tertiary/aromatic N) is 1. The average molecular weight is 219 g/mol. The Bertz CT molecular complexity index is 476. The fourth-order valence-electron chi connectivity index (χ4n) is 2.29. The van der Waals surface area contributed by atoms with Gasteiger partial charge in [0.15, 0.2) is 0 Å². The molecule has 0 bridgehead atoms. The van der Waals surface area contributed by atoms with Gasteiger partial charge in [0.05, 0.1) is 11.3 Å². The summed E-state index contributed by atoms with van der Waals surface area (Å²) in [4.78, 5) is 18.5. The SMILES string of the molecule is CCCC1C=Cc2c(nc(N)[nH]c2=O)C1C. The van der Waals surface area contributed by atoms with E-state index in [1.54, 1.807) is 0 Å². The van der Waals surface area contributed by atoms with Crippen LogP contribution in [0.2, 0.25) is 0 Å². The number of hydrogen-bond donors (Lipinski definition) is 2. The van der Waals surface area contributed by atoms with Gasteiger partial charge in [0.2, 0.25) is 5.95 Å². The van der Waals surface area contributed by atoms with E-state index in [1.807, 2.05) is 6.08 Å². The zero-order valence-corrected chi connectivity index (χ0v) is 9.66. The van der Waals surface area contributed by atoms with Gasteiger partial charge < -0.3 is 5.73 Å². The van der Waals surface area contributed by atoms with Gasteiger partial charge in [0.25, 0.3) is 5.56 Å². The lowest BCUT2D eigenvalue weighted by atomic mass is 9.81. The smallest absolute Gasteiger partial charge is 0.259 e. The number of hydrogen-bond acceptors (Lipinski definition) is 3. The van der Waals surface area contributed by atoms with Gasteiger partial charge in [-0.1, -0.05) is 32.4 Å². The number of anilines is 1. The van der Waals surface area contributed by atoms with Crippen molar-refractivity contribution in [3.63, 3.8) is 0 Å². The highest BCUT2D eigenvalue weighted by Crippen LogP contribution is 2.33. The molecule has 0 saturated carbocycles. The molecule has 0 fully saturated rings. The number of fused-ring (bicyclic) bond motifs is 1. The third-order valence-electron chi connectivity index (χ3n) is 3.21. The molecule has 0 saturated heterocycles. The zero-order chi connectivity index (χ0) is 11.7. The summed E-state index contributed by atoms with van der Waals surface area (Å²) >= 11 is 0. The highest BCUT2D eigenvalue weighted by molar-refractivity contribution is 5.56. The summed E-state index contributed by atoms with van der Waals surface area (Å²) in [7, 11) is 0. The van der Waals surface area contributed by atoms with E-state index in [2.05, 4.69) is 29.9 Å². The van der Waals surface area contributed by atoms with Crippen LogP contribution in [-0.2, 0) is 0 Å². The van der Waals surface area contributed by atoms with Gasteiger partial charge in [-0.15, -0.1) is 0 Å². The summed E-state index contributed by atoms with van der Waals surface area (Å²) in [5.41, 5.74) is 6.93. The number of H-pyrrole nitrogens is 1. The molecule has 1 aliphatic carbocycles. The lowest BCUT2D eigenvalue weighted by molar-refractivity contribution is 0.483. The first-order chi connectivity index (χ1) is 7.63. The second-order valence-electron chi connectivity index (χ2n) is 4.35. The van der Waals surface area contributed by atoms with Gasteiger partial charge in [-0.25, -0.2) is 4.98 Å². The molecule has 1 aliphatic rings. The summed E-state index contributed by atoms with van der Waals surface area (Å²) < 4.78 is 0. The van der Waals surface area contributed by atoms with Crippen LogP contribution in [0.3, 0.4) is 0 Å². The Balaban J connectivity index is 2.47. The third kappa shape index (κ3) is 1.75. The van der Waals surface area contributed by atoms with E-state index in [0.29, 0.717) is 11.5 Å². The Labute approximate surface area is 94.6 Å². The molecule has 2 atom stereocenters. The maximum atomic E-state index is 11.7. The van der Waals surface area contributed by atoms with Crippen molar-refractivity contribution in [2.45, 2.75) is 32.6 Å². The van der Waals surface area contributed by atoms with E-state index in [9.17, 15) is 4.79 Å². The van der Waals surface area contributed by atoms with Crippen LogP contribution in [0.25, 0.3) is 6.08 Å². The molecule has 4 heteroatoms. The van der Waals surface area contributed by atoms with Crippen LogP contribution in [0.4, 0.5) is 5.95 Å². The summed E-state index contributed by atoms with van der Waals surface area (Å²) in [6.07, 6.45) is 6.24. The first kappa shape index (κ1) is 10.9. The standard InChI is InChI=1S/C12H17N3O/c1-3-4-8-5-6-9-10(7(8)2)14-12(13)15-11(9)16/h5-8H,3-4H2,1-2H3,(H3,13,14,15,16). The number of rotatable bonds is 2. The van der Waals surface area contributed by atoms with Crippen molar-refractivity contribution in [1.29, 1.82) is 0 Å². The van der Waals surface area contributed by atoms with Crippen LogP contribution in [0, 0.1) is 5.92 Å². The van der Waals surface area contributed by atoms with Gasteiger partial charge in [-0.2, -0.15) is 0 Å². The molecule has 2 rings (SSSR count). The molecule has 1 aromatic heterocycles. The van der Waals surface area contributed by atoms with Crippen molar-refractivity contribution in [2.75, 3.05) is 5.73 Å². The maximum absolute atomic E-state index is 11.7. The molecular weight excluding hydrogens is 202 g/mol. The Morgan fingerprint density at radius 2 is 2.31 bits per heavy atom. The Hall–Kier alpha value is -1.58. The average Bonchev–Trinajstić information content (AvgIpc) is 2.23. The van der Waals surface area contributed by atoms with Crippen LogP contribution in [-0.4, -0.2) is 9.97 Å². The minimum Gasteiger partial charge on any atom is -0.369 e. The fourth-order valence-corrected chi connectivity index (χ4v) is 2.29. The van der Waals surface area contributed by atoms with E-state index in [0.717, 1.165) is 18.5 Å². The summed E-state index contributed by atoms with van der Waals surface area (Å²) in [6.45, 7) is 4.27. The highest BCUT2D eigenvalue weighted by Gasteiger charge is 2.25. The summed E-state index contributed by atoms with van der Waals surface area (Å²) in [6, 6.07) is 0. The molecule has 0 aromatic carbocycles. The predicted octanol–water partition coefficient (Wildman–Crippen LogP) is 1.90. The fraction of sp³-hybridized carbons (Fsp3) is 0.500. The monoisotopic (exact) mass is 219 g/mol. The molecule has 0 amide bonds. The lowest BCUT2D eigenvalue weighted by Crippen LogP contribution is -2.23.